The Morgan fingerprint density at radius 3 is 2.43 bits per heavy atom. The number of halogens is 3. The van der Waals surface area contributed by atoms with Gasteiger partial charge in [0.15, 0.2) is 5.13 Å². The van der Waals surface area contributed by atoms with Crippen molar-refractivity contribution in [2.45, 2.75) is 20.0 Å². The van der Waals surface area contributed by atoms with Crippen LogP contribution in [0.3, 0.4) is 0 Å². The molecule has 3 N–H and O–H groups in total. The van der Waals surface area contributed by atoms with E-state index >= 15 is 0 Å². The van der Waals surface area contributed by atoms with Crippen LogP contribution in [0.25, 0.3) is 0 Å². The van der Waals surface area contributed by atoms with Gasteiger partial charge in [-0.05, 0) is 49.7 Å². The van der Waals surface area contributed by atoms with Crippen molar-refractivity contribution in [2.75, 3.05) is 10.6 Å². The topological polar surface area (TPSA) is 74.2 Å². The van der Waals surface area contributed by atoms with E-state index in [1.165, 1.54) is 18.3 Å². The monoisotopic (exact) mass is 407 g/mol. The molecule has 1 amide bonds. The van der Waals surface area contributed by atoms with E-state index < -0.39 is 17.6 Å². The van der Waals surface area contributed by atoms with Crippen LogP contribution in [0.1, 0.15) is 26.4 Å². The minimum absolute atomic E-state index is 0.0786. The lowest BCUT2D eigenvalue weighted by Gasteiger charge is -2.12. The van der Waals surface area contributed by atoms with Crippen LogP contribution < -0.4 is 10.6 Å². The number of amides is 1. The molecule has 3 rings (SSSR count). The number of hydrogen-bond acceptors (Lipinski definition) is 5. The molecule has 5 nitrogen and oxygen atoms in total. The number of hydrogen-bond donors (Lipinski definition) is 3. The minimum Gasteiger partial charge on any atom is -0.508 e. The average molecular weight is 407 g/mol. The van der Waals surface area contributed by atoms with Gasteiger partial charge in [0.25, 0.3) is 5.91 Å². The van der Waals surface area contributed by atoms with Gasteiger partial charge in [0.2, 0.25) is 0 Å². The summed E-state index contributed by atoms with van der Waals surface area (Å²) < 4.78 is 37.8. The van der Waals surface area contributed by atoms with E-state index in [1.54, 1.807) is 19.1 Å². The molecule has 0 saturated carbocycles. The molecule has 0 radical (unpaired) electrons. The average Bonchev–Trinajstić information content (AvgIpc) is 3.10. The minimum atomic E-state index is -4.40. The Bertz CT molecular complexity index is 1010. The van der Waals surface area contributed by atoms with Crippen LogP contribution >= 0.6 is 11.3 Å². The summed E-state index contributed by atoms with van der Waals surface area (Å²) in [7, 11) is 0. The zero-order valence-corrected chi connectivity index (χ0v) is 15.7. The summed E-state index contributed by atoms with van der Waals surface area (Å²) >= 11 is 1.06. The van der Waals surface area contributed by atoms with E-state index in [2.05, 4.69) is 15.6 Å². The molecular weight excluding hydrogens is 391 g/mol. The first kappa shape index (κ1) is 19.7. The molecule has 3 aromatic rings. The second-order valence-corrected chi connectivity index (χ2v) is 7.12. The molecule has 0 atom stereocenters. The van der Waals surface area contributed by atoms with Crippen LogP contribution in [-0.2, 0) is 6.18 Å². The molecule has 2 aromatic carbocycles. The van der Waals surface area contributed by atoms with Crippen LogP contribution in [-0.4, -0.2) is 16.0 Å². The number of nitrogens with one attached hydrogen (secondary N) is 2. The van der Waals surface area contributed by atoms with Gasteiger partial charge in [0, 0.05) is 11.3 Å². The van der Waals surface area contributed by atoms with Gasteiger partial charge in [-0.25, -0.2) is 4.98 Å². The molecule has 0 fully saturated rings. The number of rotatable bonds is 4. The van der Waals surface area contributed by atoms with Gasteiger partial charge >= 0.3 is 6.18 Å². The highest BCUT2D eigenvalue weighted by Gasteiger charge is 2.30. The van der Waals surface area contributed by atoms with Gasteiger partial charge in [0.1, 0.15) is 10.6 Å². The maximum atomic E-state index is 12.6. The van der Waals surface area contributed by atoms with Crippen molar-refractivity contribution in [2.24, 2.45) is 0 Å². The number of alkyl halides is 3. The molecule has 28 heavy (non-hydrogen) atoms. The number of nitrogens with zero attached hydrogens (tertiary/aromatic N) is 1. The van der Waals surface area contributed by atoms with Gasteiger partial charge in [-0.3, -0.25) is 4.79 Å². The first-order valence-electron chi connectivity index (χ1n) is 8.16. The van der Waals surface area contributed by atoms with Crippen LogP contribution in [0.15, 0.2) is 42.6 Å². The Morgan fingerprint density at radius 2 is 1.79 bits per heavy atom. The summed E-state index contributed by atoms with van der Waals surface area (Å²) in [6.45, 7) is 3.51. The fourth-order valence-electron chi connectivity index (χ4n) is 2.51. The van der Waals surface area contributed by atoms with Crippen molar-refractivity contribution in [3.8, 4) is 5.75 Å². The third-order valence-electron chi connectivity index (χ3n) is 4.08. The molecule has 0 saturated heterocycles. The van der Waals surface area contributed by atoms with Crippen LogP contribution in [0.5, 0.6) is 5.75 Å². The number of anilines is 3. The Hall–Kier alpha value is -3.07. The van der Waals surface area contributed by atoms with Crippen molar-refractivity contribution < 1.29 is 23.1 Å². The molecule has 1 heterocycles. The molecular formula is C19H16F3N3O2S. The van der Waals surface area contributed by atoms with E-state index in [0.29, 0.717) is 26.9 Å². The molecule has 0 aliphatic carbocycles. The number of aromatic hydroxyl groups is 1. The molecule has 146 valence electrons. The van der Waals surface area contributed by atoms with Crippen LogP contribution in [0.4, 0.5) is 29.7 Å². The maximum absolute atomic E-state index is 12.6. The van der Waals surface area contributed by atoms with Gasteiger partial charge in [-0.2, -0.15) is 13.2 Å². The normalized spacial score (nSPS) is 11.3. The van der Waals surface area contributed by atoms with Crippen molar-refractivity contribution in [1.29, 1.82) is 0 Å². The maximum Gasteiger partial charge on any atom is 0.416 e. The number of aromatic nitrogens is 1. The number of carbonyl (C=O) groups is 1. The Balaban J connectivity index is 1.72. The highest BCUT2D eigenvalue weighted by Crippen LogP contribution is 2.32. The lowest BCUT2D eigenvalue weighted by Crippen LogP contribution is -2.12. The second-order valence-electron chi connectivity index (χ2n) is 6.09. The molecule has 0 spiro atoms. The molecule has 0 unspecified atom stereocenters. The Morgan fingerprint density at radius 1 is 1.11 bits per heavy atom. The first-order chi connectivity index (χ1) is 13.1. The quantitative estimate of drug-likeness (QED) is 0.535. The molecule has 0 aliphatic rings. The third kappa shape index (κ3) is 4.25. The van der Waals surface area contributed by atoms with Crippen LogP contribution in [0.2, 0.25) is 0 Å². The molecule has 0 bridgehead atoms. The predicted octanol–water partition coefficient (Wildman–Crippen LogP) is 5.48. The van der Waals surface area contributed by atoms with E-state index in [4.69, 9.17) is 0 Å². The molecule has 9 heteroatoms. The van der Waals surface area contributed by atoms with Gasteiger partial charge in [-0.15, -0.1) is 0 Å². The predicted molar refractivity (Wildman–Crippen MR) is 102 cm³/mol. The Kier molecular flexibility index (Phi) is 5.28. The summed E-state index contributed by atoms with van der Waals surface area (Å²) in [6.07, 6.45) is -3.02. The van der Waals surface area contributed by atoms with Crippen LogP contribution in [0, 0.1) is 13.8 Å². The number of phenols is 1. The summed E-state index contributed by atoms with van der Waals surface area (Å²) in [6, 6.07) is 7.78. The summed E-state index contributed by atoms with van der Waals surface area (Å²) in [5.41, 5.74) is 1.57. The number of thiazole rings is 1. The second kappa shape index (κ2) is 7.51. The summed E-state index contributed by atoms with van der Waals surface area (Å²) in [4.78, 5) is 16.9. The number of benzene rings is 2. The smallest absolute Gasteiger partial charge is 0.416 e. The highest BCUT2D eigenvalue weighted by atomic mass is 32.1. The largest absolute Gasteiger partial charge is 0.508 e. The number of phenolic OH excluding ortho intramolecular Hbond substituents is 1. The molecule has 1 aromatic heterocycles. The lowest BCUT2D eigenvalue weighted by molar-refractivity contribution is -0.137. The summed E-state index contributed by atoms with van der Waals surface area (Å²) in [5.74, 6) is -0.315. The van der Waals surface area contributed by atoms with Crippen molar-refractivity contribution >= 4 is 33.8 Å². The van der Waals surface area contributed by atoms with E-state index in [1.807, 2.05) is 6.92 Å². The van der Waals surface area contributed by atoms with E-state index in [0.717, 1.165) is 29.0 Å². The first-order valence-corrected chi connectivity index (χ1v) is 8.97. The standard InChI is InChI=1S/C19H16F3N3O2S/c1-10-3-8-14(26)11(2)16(10)25-17(27)15-9-23-18(28-15)24-13-6-4-12(5-7-13)19(20,21)22/h3-9,26H,1-2H3,(H,23,24)(H,25,27). The number of carbonyl (C=O) groups excluding carboxylic acids is 1. The fraction of sp³-hybridized carbons (Fsp3) is 0.158. The van der Waals surface area contributed by atoms with E-state index in [-0.39, 0.29) is 5.75 Å². The van der Waals surface area contributed by atoms with E-state index in [9.17, 15) is 23.1 Å². The van der Waals surface area contributed by atoms with Gasteiger partial charge in [0.05, 0.1) is 17.4 Å². The lowest BCUT2D eigenvalue weighted by atomic mass is 10.1. The number of aryl methyl sites for hydroxylation is 1. The summed E-state index contributed by atoms with van der Waals surface area (Å²) in [5, 5.41) is 15.8. The van der Waals surface area contributed by atoms with Crippen molar-refractivity contribution in [3.05, 3.63) is 64.2 Å². The third-order valence-corrected chi connectivity index (χ3v) is 4.99. The highest BCUT2D eigenvalue weighted by molar-refractivity contribution is 7.17. The molecule has 0 aliphatic heterocycles. The SMILES string of the molecule is Cc1ccc(O)c(C)c1NC(=O)c1cnc(Nc2ccc(C(F)(F)F)cc2)s1. The van der Waals surface area contributed by atoms with Crippen molar-refractivity contribution in [1.82, 2.24) is 4.98 Å². The Labute approximate surface area is 162 Å². The van der Waals surface area contributed by atoms with Gasteiger partial charge < -0.3 is 15.7 Å². The van der Waals surface area contributed by atoms with Gasteiger partial charge in [-0.1, -0.05) is 17.4 Å². The zero-order valence-electron chi connectivity index (χ0n) is 14.9. The fourth-order valence-corrected chi connectivity index (χ4v) is 3.24. The zero-order chi connectivity index (χ0) is 20.5. The van der Waals surface area contributed by atoms with Crippen molar-refractivity contribution in [3.63, 3.8) is 0 Å².